The van der Waals surface area contributed by atoms with Crippen LogP contribution in [0.25, 0.3) is 0 Å². The van der Waals surface area contributed by atoms with Gasteiger partial charge in [-0.25, -0.2) is 0 Å². The summed E-state index contributed by atoms with van der Waals surface area (Å²) in [5, 5.41) is 4.27. The molecule has 0 spiro atoms. The van der Waals surface area contributed by atoms with E-state index >= 15 is 0 Å². The molecule has 0 saturated carbocycles. The highest BCUT2D eigenvalue weighted by Crippen LogP contribution is 2.30. The molecule has 0 radical (unpaired) electrons. The van der Waals surface area contributed by atoms with Crippen LogP contribution in [0.3, 0.4) is 0 Å². The molecule has 1 N–H and O–H groups in total. The van der Waals surface area contributed by atoms with E-state index in [4.69, 9.17) is 16.3 Å². The third kappa shape index (κ3) is 3.54. The number of benzene rings is 2. The maximum atomic E-state index is 6.24. The van der Waals surface area contributed by atoms with Gasteiger partial charge in [0.2, 0.25) is 0 Å². The molecular formula is C16H17BrClNO. The van der Waals surface area contributed by atoms with Crippen LogP contribution in [0.15, 0.2) is 46.9 Å². The van der Waals surface area contributed by atoms with E-state index in [0.29, 0.717) is 6.61 Å². The lowest BCUT2D eigenvalue weighted by molar-refractivity contribution is 0.185. The zero-order valence-electron chi connectivity index (χ0n) is 11.5. The standard InChI is InChI=1S/C16H17BrClNO/c1-11(12-6-3-4-8-15(12)18)19-16-9-5-7-14(17)13(16)10-20-2/h3-9,11,19H,10H2,1-2H3. The third-order valence-corrected chi connectivity index (χ3v) is 4.24. The van der Waals surface area contributed by atoms with Crippen molar-refractivity contribution in [2.75, 3.05) is 12.4 Å². The Morgan fingerprint density at radius 1 is 1.20 bits per heavy atom. The zero-order chi connectivity index (χ0) is 14.5. The molecule has 0 aliphatic carbocycles. The van der Waals surface area contributed by atoms with E-state index in [1.165, 1.54) is 0 Å². The first-order valence-corrected chi connectivity index (χ1v) is 7.58. The topological polar surface area (TPSA) is 21.3 Å². The quantitative estimate of drug-likeness (QED) is 0.774. The number of hydrogen-bond donors (Lipinski definition) is 1. The van der Waals surface area contributed by atoms with E-state index in [2.05, 4.69) is 28.2 Å². The minimum absolute atomic E-state index is 0.119. The molecule has 2 nitrogen and oxygen atoms in total. The number of methoxy groups -OCH3 is 1. The average Bonchev–Trinajstić information content (AvgIpc) is 2.43. The maximum Gasteiger partial charge on any atom is 0.0744 e. The molecule has 2 rings (SSSR count). The van der Waals surface area contributed by atoms with Gasteiger partial charge in [-0.1, -0.05) is 51.8 Å². The van der Waals surface area contributed by atoms with Gasteiger partial charge in [-0.15, -0.1) is 0 Å². The van der Waals surface area contributed by atoms with Crippen LogP contribution in [0.5, 0.6) is 0 Å². The molecule has 1 atom stereocenters. The summed E-state index contributed by atoms with van der Waals surface area (Å²) in [7, 11) is 1.70. The Kier molecular flexibility index (Phi) is 5.46. The van der Waals surface area contributed by atoms with Crippen LogP contribution >= 0.6 is 27.5 Å². The molecule has 0 amide bonds. The normalized spacial score (nSPS) is 12.2. The molecule has 0 aromatic heterocycles. The molecule has 20 heavy (non-hydrogen) atoms. The Morgan fingerprint density at radius 3 is 2.65 bits per heavy atom. The van der Waals surface area contributed by atoms with Gasteiger partial charge in [0.05, 0.1) is 12.6 Å². The second-order valence-electron chi connectivity index (χ2n) is 4.59. The molecule has 0 saturated heterocycles. The van der Waals surface area contributed by atoms with Gasteiger partial charge in [0.15, 0.2) is 0 Å². The van der Waals surface area contributed by atoms with E-state index < -0.39 is 0 Å². The van der Waals surface area contributed by atoms with Crippen molar-refractivity contribution >= 4 is 33.2 Å². The smallest absolute Gasteiger partial charge is 0.0744 e. The summed E-state index contributed by atoms with van der Waals surface area (Å²) >= 11 is 9.81. The fourth-order valence-corrected chi connectivity index (χ4v) is 2.90. The zero-order valence-corrected chi connectivity index (χ0v) is 13.8. The second kappa shape index (κ2) is 7.11. The lowest BCUT2D eigenvalue weighted by atomic mass is 10.1. The molecule has 0 aliphatic rings. The van der Waals surface area contributed by atoms with Crippen molar-refractivity contribution in [2.45, 2.75) is 19.6 Å². The molecule has 2 aromatic carbocycles. The number of anilines is 1. The fourth-order valence-electron chi connectivity index (χ4n) is 2.12. The Labute approximate surface area is 133 Å². The van der Waals surface area contributed by atoms with Crippen molar-refractivity contribution in [2.24, 2.45) is 0 Å². The minimum atomic E-state index is 0.119. The predicted molar refractivity (Wildman–Crippen MR) is 88.3 cm³/mol. The van der Waals surface area contributed by atoms with Crippen LogP contribution in [0.2, 0.25) is 5.02 Å². The van der Waals surface area contributed by atoms with Crippen molar-refractivity contribution in [3.05, 3.63) is 63.1 Å². The number of ether oxygens (including phenoxy) is 1. The van der Waals surface area contributed by atoms with Crippen molar-refractivity contribution in [3.63, 3.8) is 0 Å². The summed E-state index contributed by atoms with van der Waals surface area (Å²) in [6.45, 7) is 2.65. The Morgan fingerprint density at radius 2 is 1.95 bits per heavy atom. The van der Waals surface area contributed by atoms with Crippen molar-refractivity contribution in [1.82, 2.24) is 0 Å². The summed E-state index contributed by atoms with van der Waals surface area (Å²) in [5.41, 5.74) is 3.24. The van der Waals surface area contributed by atoms with Gasteiger partial charge in [0.1, 0.15) is 0 Å². The first kappa shape index (κ1) is 15.4. The van der Waals surface area contributed by atoms with Crippen LogP contribution in [-0.4, -0.2) is 7.11 Å². The van der Waals surface area contributed by atoms with Crippen LogP contribution < -0.4 is 5.32 Å². The van der Waals surface area contributed by atoms with Gasteiger partial charge in [0, 0.05) is 27.9 Å². The minimum Gasteiger partial charge on any atom is -0.380 e. The molecule has 0 aliphatic heterocycles. The first-order chi connectivity index (χ1) is 9.63. The predicted octanol–water partition coefficient (Wildman–Crippen LogP) is 5.42. The van der Waals surface area contributed by atoms with Crippen LogP contribution in [-0.2, 0) is 11.3 Å². The Bertz CT molecular complexity index is 588. The number of hydrogen-bond acceptors (Lipinski definition) is 2. The summed E-state index contributed by atoms with van der Waals surface area (Å²) < 4.78 is 6.30. The molecule has 0 fully saturated rings. The molecule has 1 unspecified atom stereocenters. The highest BCUT2D eigenvalue weighted by molar-refractivity contribution is 9.10. The second-order valence-corrected chi connectivity index (χ2v) is 5.85. The summed E-state index contributed by atoms with van der Waals surface area (Å²) in [6.07, 6.45) is 0. The molecule has 0 bridgehead atoms. The number of nitrogens with one attached hydrogen (secondary N) is 1. The average molecular weight is 355 g/mol. The highest BCUT2D eigenvalue weighted by atomic mass is 79.9. The summed E-state index contributed by atoms with van der Waals surface area (Å²) in [4.78, 5) is 0. The first-order valence-electron chi connectivity index (χ1n) is 6.40. The van der Waals surface area contributed by atoms with Crippen LogP contribution in [0.4, 0.5) is 5.69 Å². The van der Waals surface area contributed by atoms with Crippen LogP contribution in [0.1, 0.15) is 24.1 Å². The fraction of sp³-hybridized carbons (Fsp3) is 0.250. The van der Waals surface area contributed by atoms with E-state index in [9.17, 15) is 0 Å². The molecule has 4 heteroatoms. The third-order valence-electron chi connectivity index (χ3n) is 3.15. The van der Waals surface area contributed by atoms with E-state index in [1.54, 1.807) is 7.11 Å². The van der Waals surface area contributed by atoms with Gasteiger partial charge in [-0.05, 0) is 30.7 Å². The lowest BCUT2D eigenvalue weighted by Gasteiger charge is -2.20. The van der Waals surface area contributed by atoms with Crippen molar-refractivity contribution in [1.29, 1.82) is 0 Å². The van der Waals surface area contributed by atoms with Crippen LogP contribution in [0, 0.1) is 0 Å². The Hall–Kier alpha value is -1.03. The Balaban J connectivity index is 2.26. The molecule has 2 aromatic rings. The molecule has 106 valence electrons. The van der Waals surface area contributed by atoms with Gasteiger partial charge in [-0.2, -0.15) is 0 Å². The number of halogens is 2. The van der Waals surface area contributed by atoms with Gasteiger partial charge >= 0.3 is 0 Å². The summed E-state index contributed by atoms with van der Waals surface area (Å²) in [5.74, 6) is 0. The molecular weight excluding hydrogens is 338 g/mol. The monoisotopic (exact) mass is 353 g/mol. The summed E-state index contributed by atoms with van der Waals surface area (Å²) in [6, 6.07) is 14.1. The largest absolute Gasteiger partial charge is 0.380 e. The van der Waals surface area contributed by atoms with Gasteiger partial charge in [0.25, 0.3) is 0 Å². The van der Waals surface area contributed by atoms with E-state index in [0.717, 1.165) is 26.3 Å². The molecule has 0 heterocycles. The number of rotatable bonds is 5. The van der Waals surface area contributed by atoms with E-state index in [-0.39, 0.29) is 6.04 Å². The maximum absolute atomic E-state index is 6.24. The van der Waals surface area contributed by atoms with E-state index in [1.807, 2.05) is 42.5 Å². The lowest BCUT2D eigenvalue weighted by Crippen LogP contribution is -2.09. The highest BCUT2D eigenvalue weighted by Gasteiger charge is 2.12. The van der Waals surface area contributed by atoms with Gasteiger partial charge in [-0.3, -0.25) is 0 Å². The van der Waals surface area contributed by atoms with Gasteiger partial charge < -0.3 is 10.1 Å². The SMILES string of the molecule is COCc1c(Br)cccc1NC(C)c1ccccc1Cl. The van der Waals surface area contributed by atoms with Crippen molar-refractivity contribution < 1.29 is 4.74 Å². The van der Waals surface area contributed by atoms with Crippen molar-refractivity contribution in [3.8, 4) is 0 Å².